The minimum atomic E-state index is -1.52. The summed E-state index contributed by atoms with van der Waals surface area (Å²) < 4.78 is 39.1. The Hall–Kier alpha value is -2.92. The van der Waals surface area contributed by atoms with Crippen molar-refractivity contribution in [2.45, 2.75) is 83.6 Å². The van der Waals surface area contributed by atoms with Crippen molar-refractivity contribution in [3.63, 3.8) is 0 Å². The normalized spacial score (nSPS) is 17.4. The maximum atomic E-state index is 13.9. The molecule has 10 heteroatoms. The SMILES string of the molecule is CCCN(CCC)C(=O)c1cc(C)cc(C(=O)N[C@@H](Cc2cc(F)cc(F)c2)[C@@H](O)C(O)COCC2CCCCO2)c1. The molecule has 2 amide bonds. The van der Waals surface area contributed by atoms with E-state index in [1.165, 1.54) is 6.07 Å². The highest BCUT2D eigenvalue weighted by molar-refractivity contribution is 6.00. The number of rotatable bonds is 15. The van der Waals surface area contributed by atoms with Gasteiger partial charge < -0.3 is 29.9 Å². The summed E-state index contributed by atoms with van der Waals surface area (Å²) >= 11 is 0. The molecule has 3 rings (SSSR count). The first kappa shape index (κ1) is 33.6. The smallest absolute Gasteiger partial charge is 0.253 e. The largest absolute Gasteiger partial charge is 0.388 e. The lowest BCUT2D eigenvalue weighted by atomic mass is 9.96. The van der Waals surface area contributed by atoms with Gasteiger partial charge in [0.1, 0.15) is 23.8 Å². The Kier molecular flexibility index (Phi) is 13.3. The Morgan fingerprint density at radius 2 is 1.69 bits per heavy atom. The zero-order valence-electron chi connectivity index (χ0n) is 24.8. The third-order valence-electron chi connectivity index (χ3n) is 7.23. The Morgan fingerprint density at radius 1 is 1.02 bits per heavy atom. The standard InChI is InChI=1S/C32H44F2N2O6/c1-4-9-36(10-5-2)32(40)24-13-21(3)12-23(17-24)31(39)35-28(16-22-14-25(33)18-26(34)15-22)30(38)29(37)20-41-19-27-8-6-7-11-42-27/h12-15,17-18,27-30,37-38H,4-11,16,19-20H2,1-3H3,(H,35,39)/t27?,28-,29?,30+/m0/s1. The predicted octanol–water partition coefficient (Wildman–Crippen LogP) is 4.18. The van der Waals surface area contributed by atoms with Crippen LogP contribution < -0.4 is 5.32 Å². The fourth-order valence-electron chi connectivity index (χ4n) is 5.19. The minimum Gasteiger partial charge on any atom is -0.388 e. The van der Waals surface area contributed by atoms with Gasteiger partial charge in [0.15, 0.2) is 0 Å². The molecule has 3 N–H and O–H groups in total. The average molecular weight is 591 g/mol. The fraction of sp³-hybridized carbons (Fsp3) is 0.562. The van der Waals surface area contributed by atoms with E-state index in [9.17, 15) is 28.6 Å². The molecule has 2 aromatic rings. The molecule has 0 spiro atoms. The van der Waals surface area contributed by atoms with Crippen molar-refractivity contribution >= 4 is 11.8 Å². The van der Waals surface area contributed by atoms with Crippen LogP contribution in [0.25, 0.3) is 0 Å². The zero-order chi connectivity index (χ0) is 30.6. The van der Waals surface area contributed by atoms with Crippen molar-refractivity contribution in [2.75, 3.05) is 32.9 Å². The molecule has 8 nitrogen and oxygen atoms in total. The number of halogens is 2. The van der Waals surface area contributed by atoms with Crippen LogP contribution in [-0.4, -0.2) is 84.2 Å². The van der Waals surface area contributed by atoms with E-state index in [1.54, 1.807) is 24.0 Å². The van der Waals surface area contributed by atoms with E-state index in [0.29, 0.717) is 30.8 Å². The minimum absolute atomic E-state index is 0.0855. The number of carbonyl (C=O) groups excluding carboxylic acids is 2. The van der Waals surface area contributed by atoms with Crippen LogP contribution in [0.15, 0.2) is 36.4 Å². The number of aliphatic hydroxyl groups is 2. The summed E-state index contributed by atoms with van der Waals surface area (Å²) in [7, 11) is 0. The molecule has 42 heavy (non-hydrogen) atoms. The van der Waals surface area contributed by atoms with Crippen LogP contribution in [0.2, 0.25) is 0 Å². The number of aliphatic hydroxyl groups excluding tert-OH is 2. The van der Waals surface area contributed by atoms with E-state index >= 15 is 0 Å². The van der Waals surface area contributed by atoms with Crippen LogP contribution >= 0.6 is 0 Å². The van der Waals surface area contributed by atoms with Crippen molar-refractivity contribution in [3.05, 3.63) is 70.3 Å². The number of nitrogens with zero attached hydrogens (tertiary/aromatic N) is 1. The first-order valence-electron chi connectivity index (χ1n) is 14.8. The van der Waals surface area contributed by atoms with E-state index in [0.717, 1.165) is 50.3 Å². The Labute approximate surface area is 247 Å². The van der Waals surface area contributed by atoms with Gasteiger partial charge in [0.25, 0.3) is 11.8 Å². The van der Waals surface area contributed by atoms with E-state index in [-0.39, 0.29) is 42.8 Å². The molecule has 1 fully saturated rings. The summed E-state index contributed by atoms with van der Waals surface area (Å²) in [5.74, 6) is -2.38. The van der Waals surface area contributed by atoms with Gasteiger partial charge in [-0.1, -0.05) is 13.8 Å². The van der Waals surface area contributed by atoms with Gasteiger partial charge in [-0.2, -0.15) is 0 Å². The Balaban J connectivity index is 1.78. The summed E-state index contributed by atoms with van der Waals surface area (Å²) in [6.45, 7) is 7.62. The maximum absolute atomic E-state index is 13.9. The second-order valence-electron chi connectivity index (χ2n) is 11.0. The second-order valence-corrected chi connectivity index (χ2v) is 11.0. The number of aryl methyl sites for hydroxylation is 1. The number of nitrogens with one attached hydrogen (secondary N) is 1. The van der Waals surface area contributed by atoms with Gasteiger partial charge in [-0.15, -0.1) is 0 Å². The van der Waals surface area contributed by atoms with Gasteiger partial charge in [-0.25, -0.2) is 8.78 Å². The first-order valence-corrected chi connectivity index (χ1v) is 14.8. The van der Waals surface area contributed by atoms with Crippen LogP contribution in [0.3, 0.4) is 0 Å². The summed E-state index contributed by atoms with van der Waals surface area (Å²) in [6, 6.07) is 6.66. The van der Waals surface area contributed by atoms with E-state index in [1.807, 2.05) is 13.8 Å². The lowest BCUT2D eigenvalue weighted by Gasteiger charge is -2.29. The van der Waals surface area contributed by atoms with Crippen LogP contribution in [0.5, 0.6) is 0 Å². The van der Waals surface area contributed by atoms with Crippen LogP contribution in [0.1, 0.15) is 77.8 Å². The number of benzene rings is 2. The van der Waals surface area contributed by atoms with Crippen LogP contribution in [0.4, 0.5) is 8.78 Å². The number of hydrogen-bond donors (Lipinski definition) is 3. The topological polar surface area (TPSA) is 108 Å². The molecule has 1 aliphatic heterocycles. The lowest BCUT2D eigenvalue weighted by molar-refractivity contribution is -0.0837. The molecule has 0 aliphatic carbocycles. The Bertz CT molecular complexity index is 1150. The van der Waals surface area contributed by atoms with Gasteiger partial charge >= 0.3 is 0 Å². The fourth-order valence-corrected chi connectivity index (χ4v) is 5.19. The van der Waals surface area contributed by atoms with E-state index < -0.39 is 35.8 Å². The molecule has 4 atom stereocenters. The van der Waals surface area contributed by atoms with Crippen LogP contribution in [-0.2, 0) is 15.9 Å². The van der Waals surface area contributed by atoms with E-state index in [2.05, 4.69) is 5.32 Å². The highest BCUT2D eigenvalue weighted by Gasteiger charge is 2.30. The maximum Gasteiger partial charge on any atom is 0.253 e. The van der Waals surface area contributed by atoms with E-state index in [4.69, 9.17) is 9.47 Å². The summed E-state index contributed by atoms with van der Waals surface area (Å²) in [4.78, 5) is 28.4. The van der Waals surface area contributed by atoms with Gasteiger partial charge in [0.2, 0.25) is 0 Å². The number of hydrogen-bond acceptors (Lipinski definition) is 6. The number of ether oxygens (including phenoxy) is 2. The van der Waals surface area contributed by atoms with Crippen molar-refractivity contribution in [2.24, 2.45) is 0 Å². The summed E-state index contributed by atoms with van der Waals surface area (Å²) in [5, 5.41) is 24.5. The van der Waals surface area contributed by atoms with Crippen molar-refractivity contribution < 1.29 is 38.1 Å². The molecular weight excluding hydrogens is 546 g/mol. The van der Waals surface area contributed by atoms with Crippen molar-refractivity contribution in [1.82, 2.24) is 10.2 Å². The summed E-state index contributed by atoms with van der Waals surface area (Å²) in [5.41, 5.74) is 1.44. The van der Waals surface area contributed by atoms with Crippen LogP contribution in [0, 0.1) is 18.6 Å². The third-order valence-corrected chi connectivity index (χ3v) is 7.23. The van der Waals surface area contributed by atoms with Gasteiger partial charge in [-0.05, 0) is 86.9 Å². The third kappa shape index (κ3) is 10.1. The molecule has 1 saturated heterocycles. The molecule has 0 saturated carbocycles. The molecule has 0 radical (unpaired) electrons. The lowest BCUT2D eigenvalue weighted by Crippen LogP contribution is -2.51. The predicted molar refractivity (Wildman–Crippen MR) is 155 cm³/mol. The quantitative estimate of drug-likeness (QED) is 0.287. The number of carbonyl (C=O) groups is 2. The summed E-state index contributed by atoms with van der Waals surface area (Å²) in [6.07, 6.45) is 1.28. The molecule has 1 aliphatic rings. The Morgan fingerprint density at radius 3 is 2.31 bits per heavy atom. The molecular formula is C32H44F2N2O6. The molecule has 0 aromatic heterocycles. The first-order chi connectivity index (χ1) is 20.1. The van der Waals surface area contributed by atoms with Crippen molar-refractivity contribution in [3.8, 4) is 0 Å². The molecule has 2 unspecified atom stereocenters. The van der Waals surface area contributed by atoms with Gasteiger partial charge in [0.05, 0.1) is 25.4 Å². The molecule has 2 aromatic carbocycles. The highest BCUT2D eigenvalue weighted by Crippen LogP contribution is 2.18. The zero-order valence-corrected chi connectivity index (χ0v) is 24.8. The van der Waals surface area contributed by atoms with Gasteiger partial charge in [0, 0.05) is 36.9 Å². The van der Waals surface area contributed by atoms with Crippen molar-refractivity contribution in [1.29, 1.82) is 0 Å². The molecule has 0 bridgehead atoms. The average Bonchev–Trinajstić information content (AvgIpc) is 2.95. The second kappa shape index (κ2) is 16.6. The number of amides is 2. The van der Waals surface area contributed by atoms with Gasteiger partial charge in [-0.3, -0.25) is 9.59 Å². The monoisotopic (exact) mass is 590 g/mol. The highest BCUT2D eigenvalue weighted by atomic mass is 19.1. The molecule has 1 heterocycles. The molecule has 232 valence electrons.